The number of para-hydroxylation sites is 1. The molecule has 0 atom stereocenters. The van der Waals surface area contributed by atoms with E-state index in [1.165, 1.54) is 33.0 Å². The molecule has 0 aliphatic carbocycles. The lowest BCUT2D eigenvalue weighted by Gasteiger charge is -2.27. The monoisotopic (exact) mass is 794 g/mol. The van der Waals surface area contributed by atoms with E-state index < -0.39 is 0 Å². The molecule has 0 unspecified atom stereocenters. The normalized spacial score (nSPS) is 11.3. The van der Waals surface area contributed by atoms with Crippen molar-refractivity contribution < 1.29 is 0 Å². The van der Waals surface area contributed by atoms with E-state index in [2.05, 4.69) is 258 Å². The van der Waals surface area contributed by atoms with Crippen LogP contribution in [0.15, 0.2) is 237 Å². The highest BCUT2D eigenvalue weighted by Crippen LogP contribution is 2.45. The maximum absolute atomic E-state index is 5.30. The third-order valence-corrected chi connectivity index (χ3v) is 12.0. The molecule has 0 aliphatic rings. The number of rotatable bonds is 9. The Morgan fingerprint density at radius 1 is 0.371 bits per heavy atom. The second-order valence-electron chi connectivity index (χ2n) is 15.7. The highest BCUT2D eigenvalue weighted by molar-refractivity contribution is 6.16. The third-order valence-electron chi connectivity index (χ3n) is 12.0. The predicted molar refractivity (Wildman–Crippen MR) is 259 cm³/mol. The lowest BCUT2D eigenvalue weighted by Crippen LogP contribution is -2.10. The molecule has 2 aromatic heterocycles. The van der Waals surface area contributed by atoms with Gasteiger partial charge in [-0.2, -0.15) is 0 Å². The van der Waals surface area contributed by atoms with Crippen molar-refractivity contribution >= 4 is 38.9 Å². The van der Waals surface area contributed by atoms with Crippen molar-refractivity contribution in [3.63, 3.8) is 0 Å². The number of benzene rings is 9. The van der Waals surface area contributed by atoms with Crippen LogP contribution in [0.4, 0.5) is 17.1 Å². The number of imidazole rings is 1. The Hall–Kier alpha value is -8.21. The van der Waals surface area contributed by atoms with E-state index in [4.69, 9.17) is 4.98 Å². The van der Waals surface area contributed by atoms with Crippen molar-refractivity contribution in [1.82, 2.24) is 14.1 Å². The van der Waals surface area contributed by atoms with Crippen LogP contribution < -0.4 is 4.90 Å². The summed E-state index contributed by atoms with van der Waals surface area (Å²) in [5.74, 6) is 0.922. The van der Waals surface area contributed by atoms with Gasteiger partial charge >= 0.3 is 0 Å². The van der Waals surface area contributed by atoms with Gasteiger partial charge in [-0.3, -0.25) is 0 Å². The molecule has 0 saturated carbocycles. The standard InChI is InChI=1S/C58H42N4/c1-60-57(46-23-12-5-13-24-46)56(45-21-10-4-11-22-45)59-58(60)47-33-39-50(40-34-47)62-52-26-15-14-25-51(52)55-53(27-16-28-54(55)62)61(48-35-29-43(30-36-48)41-17-6-2-7-18-41)49-37-31-44(32-38-49)42-19-8-3-9-20-42/h2-40H,1H3. The topological polar surface area (TPSA) is 26.0 Å². The van der Waals surface area contributed by atoms with E-state index in [1.807, 2.05) is 0 Å². The fraction of sp³-hybridized carbons (Fsp3) is 0.0172. The summed E-state index contributed by atoms with van der Waals surface area (Å²) in [5.41, 5.74) is 16.8. The molecule has 0 amide bonds. The van der Waals surface area contributed by atoms with Crippen molar-refractivity contribution in [3.8, 4) is 61.8 Å². The molecule has 0 saturated heterocycles. The predicted octanol–water partition coefficient (Wildman–Crippen LogP) is 15.3. The summed E-state index contributed by atoms with van der Waals surface area (Å²) in [6.45, 7) is 0. The van der Waals surface area contributed by atoms with Crippen molar-refractivity contribution in [3.05, 3.63) is 237 Å². The zero-order chi connectivity index (χ0) is 41.4. The fourth-order valence-electron chi connectivity index (χ4n) is 9.00. The molecule has 4 nitrogen and oxygen atoms in total. The first kappa shape index (κ1) is 36.8. The van der Waals surface area contributed by atoms with E-state index in [9.17, 15) is 0 Å². The molecule has 0 fully saturated rings. The first-order valence-electron chi connectivity index (χ1n) is 21.1. The smallest absolute Gasteiger partial charge is 0.140 e. The third kappa shape index (κ3) is 6.55. The Morgan fingerprint density at radius 3 is 1.39 bits per heavy atom. The molecule has 0 bridgehead atoms. The molecule has 294 valence electrons. The second kappa shape index (κ2) is 15.8. The maximum atomic E-state index is 5.30. The Morgan fingerprint density at radius 2 is 0.823 bits per heavy atom. The van der Waals surface area contributed by atoms with E-state index >= 15 is 0 Å². The zero-order valence-corrected chi connectivity index (χ0v) is 34.3. The van der Waals surface area contributed by atoms with Crippen LogP contribution in [0.2, 0.25) is 0 Å². The molecule has 11 aromatic rings. The van der Waals surface area contributed by atoms with Crippen LogP contribution in [0.5, 0.6) is 0 Å². The van der Waals surface area contributed by atoms with E-state index in [1.54, 1.807) is 0 Å². The average molecular weight is 795 g/mol. The van der Waals surface area contributed by atoms with Gasteiger partial charge in [0.1, 0.15) is 5.82 Å². The first-order valence-corrected chi connectivity index (χ1v) is 21.1. The van der Waals surface area contributed by atoms with Gasteiger partial charge in [-0.15, -0.1) is 0 Å². The van der Waals surface area contributed by atoms with Crippen LogP contribution >= 0.6 is 0 Å². The summed E-state index contributed by atoms with van der Waals surface area (Å²) in [5, 5.41) is 2.38. The van der Waals surface area contributed by atoms with Crippen molar-refractivity contribution in [2.75, 3.05) is 4.90 Å². The van der Waals surface area contributed by atoms with Crippen LogP contribution in [-0.4, -0.2) is 14.1 Å². The summed E-state index contributed by atoms with van der Waals surface area (Å²) >= 11 is 0. The van der Waals surface area contributed by atoms with Gasteiger partial charge in [-0.25, -0.2) is 4.98 Å². The van der Waals surface area contributed by atoms with E-state index in [0.717, 1.165) is 67.7 Å². The maximum Gasteiger partial charge on any atom is 0.140 e. The SMILES string of the molecule is Cn1c(-c2ccc(-n3c4ccccc4c4c(N(c5ccc(-c6ccccc6)cc5)c5ccc(-c6ccccc6)cc5)cccc43)cc2)nc(-c2ccccc2)c1-c1ccccc1. The molecule has 11 rings (SSSR count). The molecule has 62 heavy (non-hydrogen) atoms. The van der Waals surface area contributed by atoms with Gasteiger partial charge in [0.25, 0.3) is 0 Å². The van der Waals surface area contributed by atoms with Crippen molar-refractivity contribution in [2.45, 2.75) is 0 Å². The van der Waals surface area contributed by atoms with E-state index in [0.29, 0.717) is 0 Å². The zero-order valence-electron chi connectivity index (χ0n) is 34.3. The molecule has 0 spiro atoms. The van der Waals surface area contributed by atoms with Crippen molar-refractivity contribution in [2.24, 2.45) is 7.05 Å². The minimum atomic E-state index is 0.922. The summed E-state index contributed by atoms with van der Waals surface area (Å²) in [7, 11) is 2.12. The number of hydrogen-bond acceptors (Lipinski definition) is 2. The number of anilines is 3. The number of hydrogen-bond donors (Lipinski definition) is 0. The molecule has 0 N–H and O–H groups in total. The summed E-state index contributed by atoms with van der Waals surface area (Å²) < 4.78 is 4.63. The Bertz CT molecular complexity index is 3210. The Balaban J connectivity index is 1.04. The highest BCUT2D eigenvalue weighted by Gasteiger charge is 2.23. The largest absolute Gasteiger partial charge is 0.327 e. The fourth-order valence-corrected chi connectivity index (χ4v) is 9.00. The minimum absolute atomic E-state index is 0.922. The Labute approximate surface area is 361 Å². The van der Waals surface area contributed by atoms with Crippen LogP contribution in [0.25, 0.3) is 83.6 Å². The van der Waals surface area contributed by atoms with Gasteiger partial charge < -0.3 is 14.0 Å². The van der Waals surface area contributed by atoms with Crippen LogP contribution in [0, 0.1) is 0 Å². The van der Waals surface area contributed by atoms with Gasteiger partial charge in [0, 0.05) is 51.6 Å². The molecular formula is C58H42N4. The molecular weight excluding hydrogens is 753 g/mol. The van der Waals surface area contributed by atoms with Crippen LogP contribution in [0.1, 0.15) is 0 Å². The molecule has 9 aromatic carbocycles. The summed E-state index contributed by atoms with van der Waals surface area (Å²) in [4.78, 5) is 7.71. The van der Waals surface area contributed by atoms with Gasteiger partial charge in [0.15, 0.2) is 0 Å². The molecule has 0 aliphatic heterocycles. The quantitative estimate of drug-likeness (QED) is 0.145. The number of aromatic nitrogens is 3. The minimum Gasteiger partial charge on any atom is -0.327 e. The molecule has 2 heterocycles. The summed E-state index contributed by atoms with van der Waals surface area (Å²) in [6.07, 6.45) is 0. The first-order chi connectivity index (χ1) is 30.7. The van der Waals surface area contributed by atoms with Gasteiger partial charge in [-0.05, 0) is 89.0 Å². The van der Waals surface area contributed by atoms with Gasteiger partial charge in [0.05, 0.1) is 28.1 Å². The van der Waals surface area contributed by atoms with Crippen LogP contribution in [-0.2, 0) is 7.05 Å². The molecule has 4 heteroatoms. The van der Waals surface area contributed by atoms with Crippen LogP contribution in [0.3, 0.4) is 0 Å². The number of fused-ring (bicyclic) bond motifs is 3. The summed E-state index contributed by atoms with van der Waals surface area (Å²) in [6, 6.07) is 84.4. The van der Waals surface area contributed by atoms with Crippen molar-refractivity contribution in [1.29, 1.82) is 0 Å². The highest BCUT2D eigenvalue weighted by atomic mass is 15.1. The lowest BCUT2D eigenvalue weighted by molar-refractivity contribution is 0.933. The van der Waals surface area contributed by atoms with Gasteiger partial charge in [0.2, 0.25) is 0 Å². The lowest BCUT2D eigenvalue weighted by atomic mass is 10.0. The second-order valence-corrected chi connectivity index (χ2v) is 15.7. The van der Waals surface area contributed by atoms with Gasteiger partial charge in [-0.1, -0.05) is 170 Å². The Kier molecular flexibility index (Phi) is 9.36. The molecule has 0 radical (unpaired) electrons. The average Bonchev–Trinajstić information content (AvgIpc) is 3.88. The van der Waals surface area contributed by atoms with E-state index in [-0.39, 0.29) is 0 Å². The number of nitrogens with zero attached hydrogens (tertiary/aromatic N) is 4.